The SMILES string of the molecule is CCN1CCC(CC(C)N2CCC(F)(F)C2)C1C(F)(F)F. The molecule has 21 heavy (non-hydrogen) atoms. The van der Waals surface area contributed by atoms with E-state index in [1.807, 2.05) is 0 Å². The summed E-state index contributed by atoms with van der Waals surface area (Å²) in [6.45, 7) is 4.25. The first kappa shape index (κ1) is 16.9. The molecule has 0 radical (unpaired) electrons. The Balaban J connectivity index is 1.98. The van der Waals surface area contributed by atoms with Crippen molar-refractivity contribution in [3.05, 3.63) is 0 Å². The monoisotopic (exact) mass is 314 g/mol. The number of hydrogen-bond acceptors (Lipinski definition) is 2. The maximum Gasteiger partial charge on any atom is 0.404 e. The van der Waals surface area contributed by atoms with Crippen molar-refractivity contribution in [1.29, 1.82) is 0 Å². The van der Waals surface area contributed by atoms with Crippen LogP contribution in [0.2, 0.25) is 0 Å². The lowest BCUT2D eigenvalue weighted by molar-refractivity contribution is -0.186. The summed E-state index contributed by atoms with van der Waals surface area (Å²) in [7, 11) is 0. The highest BCUT2D eigenvalue weighted by Crippen LogP contribution is 2.40. The van der Waals surface area contributed by atoms with Crippen molar-refractivity contribution in [3.63, 3.8) is 0 Å². The summed E-state index contributed by atoms with van der Waals surface area (Å²) < 4.78 is 66.1. The highest BCUT2D eigenvalue weighted by atomic mass is 19.4. The molecule has 124 valence electrons. The molecular weight excluding hydrogens is 291 g/mol. The Labute approximate surface area is 122 Å². The molecule has 0 spiro atoms. The van der Waals surface area contributed by atoms with Crippen LogP contribution in [0.1, 0.15) is 33.1 Å². The van der Waals surface area contributed by atoms with Crippen LogP contribution in [0, 0.1) is 5.92 Å². The first-order valence-electron chi connectivity index (χ1n) is 7.56. The van der Waals surface area contributed by atoms with Crippen LogP contribution in [0.15, 0.2) is 0 Å². The van der Waals surface area contributed by atoms with Gasteiger partial charge < -0.3 is 0 Å². The van der Waals surface area contributed by atoms with Gasteiger partial charge in [-0.05, 0) is 38.8 Å². The van der Waals surface area contributed by atoms with Gasteiger partial charge in [0.1, 0.15) is 6.04 Å². The Morgan fingerprint density at radius 3 is 2.38 bits per heavy atom. The molecule has 3 atom stereocenters. The fraction of sp³-hybridized carbons (Fsp3) is 1.00. The van der Waals surface area contributed by atoms with Crippen molar-refractivity contribution in [2.75, 3.05) is 26.2 Å². The average molecular weight is 314 g/mol. The van der Waals surface area contributed by atoms with Gasteiger partial charge in [-0.15, -0.1) is 0 Å². The van der Waals surface area contributed by atoms with Gasteiger partial charge in [-0.3, -0.25) is 9.80 Å². The molecule has 7 heteroatoms. The minimum atomic E-state index is -4.24. The van der Waals surface area contributed by atoms with E-state index in [-0.39, 0.29) is 25.6 Å². The van der Waals surface area contributed by atoms with Crippen LogP contribution in [-0.4, -0.2) is 60.2 Å². The predicted octanol–water partition coefficient (Wildman–Crippen LogP) is 3.38. The Morgan fingerprint density at radius 1 is 1.24 bits per heavy atom. The Morgan fingerprint density at radius 2 is 1.90 bits per heavy atom. The summed E-state index contributed by atoms with van der Waals surface area (Å²) in [5.41, 5.74) is 0. The van der Waals surface area contributed by atoms with Crippen molar-refractivity contribution in [1.82, 2.24) is 9.80 Å². The predicted molar refractivity (Wildman–Crippen MR) is 70.4 cm³/mol. The molecule has 0 amide bonds. The van der Waals surface area contributed by atoms with Crippen molar-refractivity contribution < 1.29 is 22.0 Å². The van der Waals surface area contributed by atoms with Crippen LogP contribution in [0.3, 0.4) is 0 Å². The summed E-state index contributed by atoms with van der Waals surface area (Å²) in [4.78, 5) is 3.08. The van der Waals surface area contributed by atoms with Crippen LogP contribution < -0.4 is 0 Å². The van der Waals surface area contributed by atoms with E-state index in [4.69, 9.17) is 0 Å². The van der Waals surface area contributed by atoms with Crippen molar-refractivity contribution >= 4 is 0 Å². The second-order valence-electron chi connectivity index (χ2n) is 6.32. The largest absolute Gasteiger partial charge is 0.404 e. The molecule has 2 rings (SSSR count). The van der Waals surface area contributed by atoms with Gasteiger partial charge in [0, 0.05) is 19.0 Å². The van der Waals surface area contributed by atoms with Gasteiger partial charge >= 0.3 is 6.18 Å². The third-order valence-corrected chi connectivity index (χ3v) is 4.83. The van der Waals surface area contributed by atoms with E-state index in [0.717, 1.165) is 0 Å². The van der Waals surface area contributed by atoms with E-state index >= 15 is 0 Å². The molecule has 0 aliphatic carbocycles. The molecule has 0 aromatic rings. The summed E-state index contributed by atoms with van der Waals surface area (Å²) >= 11 is 0. The molecule has 0 aromatic carbocycles. The molecule has 2 heterocycles. The molecular formula is C14H23F5N2. The standard InChI is InChI=1S/C14H23F5N2/c1-3-20-6-4-11(12(20)14(17,18)19)8-10(2)21-7-5-13(15,16)9-21/h10-12H,3-9H2,1-2H3. The Hall–Kier alpha value is -0.430. The number of halogens is 5. The van der Waals surface area contributed by atoms with E-state index < -0.39 is 24.1 Å². The lowest BCUT2D eigenvalue weighted by Gasteiger charge is -2.32. The molecule has 2 saturated heterocycles. The van der Waals surface area contributed by atoms with E-state index in [1.54, 1.807) is 18.7 Å². The third-order valence-electron chi connectivity index (χ3n) is 4.83. The first-order valence-corrected chi connectivity index (χ1v) is 7.56. The smallest absolute Gasteiger partial charge is 0.295 e. The molecule has 0 aromatic heterocycles. The van der Waals surface area contributed by atoms with Crippen LogP contribution in [0.5, 0.6) is 0 Å². The number of rotatable bonds is 4. The number of nitrogens with zero attached hydrogens (tertiary/aromatic N) is 2. The maximum absolute atomic E-state index is 13.2. The average Bonchev–Trinajstić information content (AvgIpc) is 2.91. The second-order valence-corrected chi connectivity index (χ2v) is 6.32. The zero-order valence-electron chi connectivity index (χ0n) is 12.5. The molecule has 2 aliphatic heterocycles. The lowest BCUT2D eigenvalue weighted by Crippen LogP contribution is -2.46. The van der Waals surface area contributed by atoms with Crippen LogP contribution >= 0.6 is 0 Å². The molecule has 0 N–H and O–H groups in total. The first-order chi connectivity index (χ1) is 9.64. The minimum absolute atomic E-state index is 0.189. The molecule has 2 fully saturated rings. The molecule has 0 bridgehead atoms. The topological polar surface area (TPSA) is 6.48 Å². The van der Waals surface area contributed by atoms with E-state index in [1.165, 1.54) is 4.90 Å². The van der Waals surface area contributed by atoms with Crippen molar-refractivity contribution in [2.24, 2.45) is 5.92 Å². The highest BCUT2D eigenvalue weighted by molar-refractivity contribution is 4.94. The molecule has 0 saturated carbocycles. The van der Waals surface area contributed by atoms with Gasteiger partial charge in [0.05, 0.1) is 6.54 Å². The van der Waals surface area contributed by atoms with Gasteiger partial charge in [-0.25, -0.2) is 8.78 Å². The molecule has 2 nitrogen and oxygen atoms in total. The van der Waals surface area contributed by atoms with Gasteiger partial charge in [0.2, 0.25) is 0 Å². The van der Waals surface area contributed by atoms with Gasteiger partial charge in [0.15, 0.2) is 0 Å². The Kier molecular flexibility index (Phi) is 4.83. The molecule has 3 unspecified atom stereocenters. The minimum Gasteiger partial charge on any atom is -0.295 e. The zero-order chi connectivity index (χ0) is 15.8. The maximum atomic E-state index is 13.2. The van der Waals surface area contributed by atoms with Gasteiger partial charge in [0.25, 0.3) is 5.92 Å². The fourth-order valence-corrected chi connectivity index (χ4v) is 3.73. The van der Waals surface area contributed by atoms with Crippen molar-refractivity contribution in [2.45, 2.75) is 57.3 Å². The zero-order valence-corrected chi connectivity index (χ0v) is 12.5. The summed E-state index contributed by atoms with van der Waals surface area (Å²) in [6, 6.07) is -1.65. The van der Waals surface area contributed by atoms with Crippen molar-refractivity contribution in [3.8, 4) is 0 Å². The van der Waals surface area contributed by atoms with E-state index in [2.05, 4.69) is 0 Å². The summed E-state index contributed by atoms with van der Waals surface area (Å²) in [5, 5.41) is 0. The summed E-state index contributed by atoms with van der Waals surface area (Å²) in [6.07, 6.45) is -3.61. The number of hydrogen-bond donors (Lipinski definition) is 0. The van der Waals surface area contributed by atoms with Crippen LogP contribution in [-0.2, 0) is 0 Å². The molecule has 2 aliphatic rings. The third kappa shape index (κ3) is 3.86. The Bertz CT molecular complexity index is 358. The van der Waals surface area contributed by atoms with Crippen LogP contribution in [0.25, 0.3) is 0 Å². The van der Waals surface area contributed by atoms with E-state index in [0.29, 0.717) is 25.9 Å². The van der Waals surface area contributed by atoms with Gasteiger partial charge in [-0.2, -0.15) is 13.2 Å². The van der Waals surface area contributed by atoms with Gasteiger partial charge in [-0.1, -0.05) is 6.92 Å². The van der Waals surface area contributed by atoms with E-state index in [9.17, 15) is 22.0 Å². The fourth-order valence-electron chi connectivity index (χ4n) is 3.73. The normalized spacial score (nSPS) is 32.7. The quantitative estimate of drug-likeness (QED) is 0.734. The van der Waals surface area contributed by atoms with Crippen LogP contribution in [0.4, 0.5) is 22.0 Å². The number of likely N-dealkylation sites (tertiary alicyclic amines) is 2. The number of alkyl halides is 5. The summed E-state index contributed by atoms with van der Waals surface area (Å²) in [5.74, 6) is -3.18. The highest BCUT2D eigenvalue weighted by Gasteiger charge is 2.51. The lowest BCUT2D eigenvalue weighted by atomic mass is 9.92. The second kappa shape index (κ2) is 5.99.